The van der Waals surface area contributed by atoms with Gasteiger partial charge in [-0.05, 0) is 35.0 Å². The van der Waals surface area contributed by atoms with E-state index in [1.165, 1.54) is 0 Å². The van der Waals surface area contributed by atoms with Gasteiger partial charge in [0.2, 0.25) is 0 Å². The Morgan fingerprint density at radius 1 is 1.37 bits per heavy atom. The van der Waals surface area contributed by atoms with E-state index in [4.69, 9.17) is 33.7 Å². The van der Waals surface area contributed by atoms with Crippen molar-refractivity contribution in [3.05, 3.63) is 38.0 Å². The van der Waals surface area contributed by atoms with Crippen LogP contribution in [0.1, 0.15) is 11.4 Å². The first kappa shape index (κ1) is 14.5. The van der Waals surface area contributed by atoms with Crippen LogP contribution in [0, 0.1) is 6.92 Å². The zero-order valence-electron chi connectivity index (χ0n) is 10.4. The molecule has 0 aliphatic carbocycles. The lowest BCUT2D eigenvalue weighted by Gasteiger charge is -2.11. The van der Waals surface area contributed by atoms with Crippen LogP contribution < -0.4 is 10.5 Å². The first-order valence-electron chi connectivity index (χ1n) is 5.45. The first-order chi connectivity index (χ1) is 8.90. The summed E-state index contributed by atoms with van der Waals surface area (Å²) >= 11 is 15.6. The predicted octanol–water partition coefficient (Wildman–Crippen LogP) is 3.96. The number of benzene rings is 1. The van der Waals surface area contributed by atoms with Gasteiger partial charge in [-0.1, -0.05) is 23.2 Å². The van der Waals surface area contributed by atoms with Crippen molar-refractivity contribution in [1.29, 1.82) is 0 Å². The van der Waals surface area contributed by atoms with Gasteiger partial charge in [-0.15, -0.1) is 0 Å². The van der Waals surface area contributed by atoms with E-state index in [1.54, 1.807) is 16.8 Å². The SMILES string of the molecule is Cc1nn(C)c(COc2c(Cl)cc(N)cc2Cl)c1Br. The summed E-state index contributed by atoms with van der Waals surface area (Å²) in [5.74, 6) is 0.420. The number of halogens is 3. The number of nitrogen functional groups attached to an aromatic ring is 1. The molecular formula is C12H12BrCl2N3O. The summed E-state index contributed by atoms with van der Waals surface area (Å²) in [4.78, 5) is 0. The average Bonchev–Trinajstić information content (AvgIpc) is 2.53. The maximum absolute atomic E-state index is 6.06. The largest absolute Gasteiger partial charge is 0.484 e. The van der Waals surface area contributed by atoms with E-state index in [-0.39, 0.29) is 0 Å². The van der Waals surface area contributed by atoms with Crippen molar-refractivity contribution in [2.45, 2.75) is 13.5 Å². The Bertz CT molecular complexity index is 605. The van der Waals surface area contributed by atoms with Crippen molar-refractivity contribution in [2.75, 3.05) is 5.73 Å². The van der Waals surface area contributed by atoms with Gasteiger partial charge >= 0.3 is 0 Å². The van der Waals surface area contributed by atoms with Gasteiger partial charge in [0.15, 0.2) is 5.75 Å². The minimum atomic E-state index is 0.307. The highest BCUT2D eigenvalue weighted by molar-refractivity contribution is 9.10. The van der Waals surface area contributed by atoms with Gasteiger partial charge in [0.05, 0.1) is 25.9 Å². The standard InChI is InChI=1S/C12H12BrCl2N3O/c1-6-11(13)10(18(2)17-6)5-19-12-8(14)3-7(16)4-9(12)15/h3-4H,5,16H2,1-2H3. The average molecular weight is 365 g/mol. The highest BCUT2D eigenvalue weighted by Crippen LogP contribution is 2.36. The zero-order valence-corrected chi connectivity index (χ0v) is 13.5. The van der Waals surface area contributed by atoms with Gasteiger partial charge in [-0.2, -0.15) is 5.10 Å². The third-order valence-corrected chi connectivity index (χ3v) is 4.23. The van der Waals surface area contributed by atoms with Crippen molar-refractivity contribution in [3.8, 4) is 5.75 Å². The molecule has 0 saturated carbocycles. The number of anilines is 1. The van der Waals surface area contributed by atoms with Crippen LogP contribution >= 0.6 is 39.1 Å². The van der Waals surface area contributed by atoms with Crippen molar-refractivity contribution in [2.24, 2.45) is 7.05 Å². The molecule has 0 radical (unpaired) electrons. The highest BCUT2D eigenvalue weighted by atomic mass is 79.9. The molecule has 7 heteroatoms. The van der Waals surface area contributed by atoms with Gasteiger partial charge in [0, 0.05) is 12.7 Å². The second kappa shape index (κ2) is 5.61. The van der Waals surface area contributed by atoms with Crippen molar-refractivity contribution < 1.29 is 4.74 Å². The van der Waals surface area contributed by atoms with Crippen LogP contribution in [0.15, 0.2) is 16.6 Å². The number of aromatic nitrogens is 2. The van der Waals surface area contributed by atoms with E-state index in [0.29, 0.717) is 28.1 Å². The molecule has 2 N–H and O–H groups in total. The van der Waals surface area contributed by atoms with Crippen molar-refractivity contribution in [3.63, 3.8) is 0 Å². The van der Waals surface area contributed by atoms with Crippen molar-refractivity contribution in [1.82, 2.24) is 9.78 Å². The van der Waals surface area contributed by atoms with Gasteiger partial charge in [0.1, 0.15) is 6.61 Å². The minimum absolute atomic E-state index is 0.307. The number of rotatable bonds is 3. The lowest BCUT2D eigenvalue weighted by Crippen LogP contribution is -2.04. The minimum Gasteiger partial charge on any atom is -0.484 e. The third-order valence-electron chi connectivity index (χ3n) is 2.64. The number of hydrogen-bond donors (Lipinski definition) is 1. The second-order valence-electron chi connectivity index (χ2n) is 4.07. The number of nitrogens with zero attached hydrogens (tertiary/aromatic N) is 2. The smallest absolute Gasteiger partial charge is 0.157 e. The number of ether oxygens (including phenoxy) is 1. The van der Waals surface area contributed by atoms with Gasteiger partial charge in [0.25, 0.3) is 0 Å². The van der Waals surface area contributed by atoms with Crippen LogP contribution in [0.2, 0.25) is 10.0 Å². The zero-order chi connectivity index (χ0) is 14.2. The van der Waals surface area contributed by atoms with Gasteiger partial charge in [-0.25, -0.2) is 0 Å². The normalized spacial score (nSPS) is 10.8. The Hall–Kier alpha value is -0.910. The summed E-state index contributed by atoms with van der Waals surface area (Å²) in [5, 5.41) is 5.06. The molecule has 0 amide bonds. The van der Waals surface area contributed by atoms with Crippen LogP contribution in [0.25, 0.3) is 0 Å². The van der Waals surface area contributed by atoms with Gasteiger partial charge in [-0.3, -0.25) is 4.68 Å². The molecule has 1 aromatic heterocycles. The Balaban J connectivity index is 2.24. The fourth-order valence-corrected chi connectivity index (χ4v) is 2.76. The second-order valence-corrected chi connectivity index (χ2v) is 5.68. The number of nitrogens with two attached hydrogens (primary N) is 1. The molecule has 2 rings (SSSR count). The summed E-state index contributed by atoms with van der Waals surface area (Å²) in [6.07, 6.45) is 0. The Kier molecular flexibility index (Phi) is 4.28. The Morgan fingerprint density at radius 2 is 1.95 bits per heavy atom. The highest BCUT2D eigenvalue weighted by Gasteiger charge is 2.14. The maximum Gasteiger partial charge on any atom is 0.157 e. The first-order valence-corrected chi connectivity index (χ1v) is 7.00. The van der Waals surface area contributed by atoms with Crippen LogP contribution in [0.5, 0.6) is 5.75 Å². The molecule has 1 heterocycles. The number of hydrogen-bond acceptors (Lipinski definition) is 3. The molecule has 0 aliphatic rings. The molecule has 0 atom stereocenters. The molecule has 0 aliphatic heterocycles. The van der Waals surface area contributed by atoms with E-state index < -0.39 is 0 Å². The molecule has 102 valence electrons. The summed E-state index contributed by atoms with van der Waals surface area (Å²) in [6, 6.07) is 3.21. The predicted molar refractivity (Wildman–Crippen MR) is 80.9 cm³/mol. The summed E-state index contributed by atoms with van der Waals surface area (Å²) in [6.45, 7) is 2.22. The van der Waals surface area contributed by atoms with E-state index in [0.717, 1.165) is 15.9 Å². The molecule has 0 fully saturated rings. The van der Waals surface area contributed by atoms with E-state index in [2.05, 4.69) is 21.0 Å². The molecule has 0 bridgehead atoms. The maximum atomic E-state index is 6.06. The van der Waals surface area contributed by atoms with Crippen LogP contribution in [-0.4, -0.2) is 9.78 Å². The van der Waals surface area contributed by atoms with Crippen LogP contribution in [0.3, 0.4) is 0 Å². The lowest BCUT2D eigenvalue weighted by molar-refractivity contribution is 0.294. The van der Waals surface area contributed by atoms with E-state index in [1.807, 2.05) is 14.0 Å². The monoisotopic (exact) mass is 363 g/mol. The Morgan fingerprint density at radius 3 is 2.42 bits per heavy atom. The van der Waals surface area contributed by atoms with Crippen LogP contribution in [0.4, 0.5) is 5.69 Å². The summed E-state index contributed by atoms with van der Waals surface area (Å²) in [5.41, 5.74) is 7.94. The van der Waals surface area contributed by atoms with Crippen LogP contribution in [-0.2, 0) is 13.7 Å². The summed E-state index contributed by atoms with van der Waals surface area (Å²) in [7, 11) is 1.85. The molecule has 0 saturated heterocycles. The quantitative estimate of drug-likeness (QED) is 0.838. The number of aryl methyl sites for hydroxylation is 2. The summed E-state index contributed by atoms with van der Waals surface area (Å²) < 4.78 is 8.34. The van der Waals surface area contributed by atoms with E-state index in [9.17, 15) is 0 Å². The van der Waals surface area contributed by atoms with Crippen molar-refractivity contribution >= 4 is 44.8 Å². The molecule has 2 aromatic rings. The fraction of sp³-hybridized carbons (Fsp3) is 0.250. The topological polar surface area (TPSA) is 53.1 Å². The Labute approximate surface area is 129 Å². The van der Waals surface area contributed by atoms with E-state index >= 15 is 0 Å². The molecule has 0 unspecified atom stereocenters. The third kappa shape index (κ3) is 2.99. The molecule has 1 aromatic carbocycles. The fourth-order valence-electron chi connectivity index (χ4n) is 1.69. The van der Waals surface area contributed by atoms with Gasteiger partial charge < -0.3 is 10.5 Å². The molecule has 19 heavy (non-hydrogen) atoms. The molecule has 4 nitrogen and oxygen atoms in total. The lowest BCUT2D eigenvalue weighted by atomic mass is 10.3. The molecular weight excluding hydrogens is 353 g/mol. The molecule has 0 spiro atoms.